The monoisotopic (exact) mass is 360 g/mol. The number of hydrogen-bond donors (Lipinski definition) is 2. The number of aliphatic hydroxyl groups is 2. The molecule has 2 aromatic rings. The number of aliphatic hydroxyl groups excluding tert-OH is 1. The third-order valence-electron chi connectivity index (χ3n) is 5.39. The van der Waals surface area contributed by atoms with Crippen LogP contribution in [0.3, 0.4) is 0 Å². The largest absolute Gasteiger partial charge is 0.710 e. The Morgan fingerprint density at radius 1 is 1.19 bits per heavy atom. The van der Waals surface area contributed by atoms with Crippen LogP contribution in [0.2, 0.25) is 0 Å². The third kappa shape index (κ3) is 3.50. The van der Waals surface area contributed by atoms with Crippen LogP contribution in [0.5, 0.6) is 0 Å². The van der Waals surface area contributed by atoms with Crippen molar-refractivity contribution in [3.8, 4) is 0 Å². The molecule has 8 nitrogen and oxygen atoms in total. The quantitative estimate of drug-likeness (QED) is 0.423. The van der Waals surface area contributed by atoms with Gasteiger partial charge in [-0.25, -0.2) is 4.73 Å². The molecule has 140 valence electrons. The summed E-state index contributed by atoms with van der Waals surface area (Å²) in [6.45, 7) is 4.33. The minimum absolute atomic E-state index is 0.220. The van der Waals surface area contributed by atoms with Crippen molar-refractivity contribution >= 4 is 11.0 Å². The summed E-state index contributed by atoms with van der Waals surface area (Å²) in [4.78, 5) is 2.33. The van der Waals surface area contributed by atoms with Gasteiger partial charge in [-0.15, -0.1) is 0 Å². The summed E-state index contributed by atoms with van der Waals surface area (Å²) in [7, 11) is 0. The number of fused-ring (bicyclic) bond motifs is 2. The zero-order chi connectivity index (χ0) is 18.1. The van der Waals surface area contributed by atoms with Crippen molar-refractivity contribution in [2.75, 3.05) is 32.8 Å². The summed E-state index contributed by atoms with van der Waals surface area (Å²) in [5, 5.41) is 39.9. The van der Waals surface area contributed by atoms with Crippen LogP contribution >= 0.6 is 0 Å². The van der Waals surface area contributed by atoms with E-state index in [0.717, 1.165) is 55.1 Å². The first-order valence-electron chi connectivity index (χ1n) is 9.18. The Balaban J connectivity index is 1.49. The molecule has 1 atom stereocenters. The van der Waals surface area contributed by atoms with Gasteiger partial charge >= 0.3 is 5.82 Å². The van der Waals surface area contributed by atoms with E-state index in [0.29, 0.717) is 36.1 Å². The second kappa shape index (κ2) is 7.40. The second-order valence-corrected chi connectivity index (χ2v) is 7.16. The molecular formula is C18H24N4O4. The zero-order valence-electron chi connectivity index (χ0n) is 14.7. The normalized spacial score (nSPS) is 20.8. The number of nitrogens with zero attached hydrogens (tertiary/aromatic N) is 4. The van der Waals surface area contributed by atoms with Gasteiger partial charge in [-0.2, -0.15) is 0 Å². The van der Waals surface area contributed by atoms with Crippen LogP contribution < -0.4 is 4.73 Å². The highest BCUT2D eigenvalue weighted by molar-refractivity contribution is 5.73. The number of benzene rings is 1. The van der Waals surface area contributed by atoms with Gasteiger partial charge in [0.25, 0.3) is 0 Å². The molecule has 0 bridgehead atoms. The van der Waals surface area contributed by atoms with Gasteiger partial charge in [-0.1, -0.05) is 0 Å². The lowest BCUT2D eigenvalue weighted by Gasteiger charge is -2.26. The number of ether oxygens (including phenoxy) is 1. The van der Waals surface area contributed by atoms with E-state index in [4.69, 9.17) is 4.74 Å². The standard InChI is InChI=1S/C18H24N4O4/c23-18(24)14-8-12-10-15-16(11-13(12)9-14)22(25)17(20-19-15)2-1-3-21-4-6-26-7-5-21/h10-11,14,18,23-24H,1-9H2. The van der Waals surface area contributed by atoms with Crippen LogP contribution in [0.1, 0.15) is 23.4 Å². The Bertz CT molecular complexity index is 792. The van der Waals surface area contributed by atoms with E-state index in [-0.39, 0.29) is 5.92 Å². The first-order valence-corrected chi connectivity index (χ1v) is 9.18. The van der Waals surface area contributed by atoms with Crippen LogP contribution in [-0.4, -0.2) is 64.4 Å². The first-order chi connectivity index (χ1) is 12.6. The third-order valence-corrected chi connectivity index (χ3v) is 5.39. The summed E-state index contributed by atoms with van der Waals surface area (Å²) in [6.07, 6.45) is 1.25. The first kappa shape index (κ1) is 17.5. The van der Waals surface area contributed by atoms with E-state index < -0.39 is 6.29 Å². The van der Waals surface area contributed by atoms with E-state index in [9.17, 15) is 15.4 Å². The number of aryl methyl sites for hydroxylation is 1. The van der Waals surface area contributed by atoms with E-state index in [1.54, 1.807) is 0 Å². The lowest BCUT2D eigenvalue weighted by Crippen LogP contribution is -2.38. The molecule has 1 saturated heterocycles. The van der Waals surface area contributed by atoms with Crippen molar-refractivity contribution in [1.82, 2.24) is 15.1 Å². The number of hydrogen-bond acceptors (Lipinski definition) is 7. The van der Waals surface area contributed by atoms with Gasteiger partial charge < -0.3 is 20.2 Å². The molecule has 0 amide bonds. The molecule has 1 aliphatic carbocycles. The molecule has 1 fully saturated rings. The Morgan fingerprint density at radius 3 is 2.65 bits per heavy atom. The molecule has 1 aromatic carbocycles. The Hall–Kier alpha value is -1.87. The van der Waals surface area contributed by atoms with Crippen molar-refractivity contribution < 1.29 is 19.7 Å². The molecule has 0 saturated carbocycles. The van der Waals surface area contributed by atoms with E-state index in [1.165, 1.54) is 0 Å². The lowest BCUT2D eigenvalue weighted by atomic mass is 10.1. The summed E-state index contributed by atoms with van der Waals surface area (Å²) < 4.78 is 6.22. The van der Waals surface area contributed by atoms with Crippen LogP contribution in [-0.2, 0) is 24.0 Å². The predicted octanol–water partition coefficient (Wildman–Crippen LogP) is -0.446. The Morgan fingerprint density at radius 2 is 1.92 bits per heavy atom. The molecule has 0 radical (unpaired) electrons. The molecule has 1 unspecified atom stereocenters. The zero-order valence-corrected chi connectivity index (χ0v) is 14.7. The fraction of sp³-hybridized carbons (Fsp3) is 0.611. The fourth-order valence-corrected chi connectivity index (χ4v) is 3.86. The molecule has 1 aromatic heterocycles. The topological polar surface area (TPSA) is 106 Å². The number of rotatable bonds is 5. The van der Waals surface area contributed by atoms with Gasteiger partial charge in [-0.05, 0) is 54.2 Å². The van der Waals surface area contributed by atoms with Crippen LogP contribution in [0.4, 0.5) is 0 Å². The van der Waals surface area contributed by atoms with Gasteiger partial charge in [0.2, 0.25) is 0 Å². The fourth-order valence-electron chi connectivity index (χ4n) is 3.86. The van der Waals surface area contributed by atoms with Gasteiger partial charge in [0.05, 0.1) is 24.7 Å². The molecule has 4 rings (SSSR count). The second-order valence-electron chi connectivity index (χ2n) is 7.16. The van der Waals surface area contributed by atoms with Crippen molar-refractivity contribution in [3.05, 3.63) is 34.3 Å². The molecule has 26 heavy (non-hydrogen) atoms. The van der Waals surface area contributed by atoms with E-state index in [1.807, 2.05) is 12.1 Å². The average molecular weight is 360 g/mol. The SMILES string of the molecule is [O-][n+]1c(CCCN2CCOCC2)nnc2cc3c(cc21)CC(C(O)O)C3. The Kier molecular flexibility index (Phi) is 4.99. The Labute approximate surface area is 151 Å². The minimum Gasteiger partial charge on any atom is -0.710 e. The summed E-state index contributed by atoms with van der Waals surface area (Å²) in [6, 6.07) is 3.69. The minimum atomic E-state index is -1.34. The maximum atomic E-state index is 12.7. The summed E-state index contributed by atoms with van der Waals surface area (Å²) in [5.41, 5.74) is 3.08. The van der Waals surface area contributed by atoms with Crippen LogP contribution in [0.25, 0.3) is 11.0 Å². The van der Waals surface area contributed by atoms with Gasteiger partial charge in [0.1, 0.15) is 0 Å². The van der Waals surface area contributed by atoms with E-state index in [2.05, 4.69) is 15.1 Å². The highest BCUT2D eigenvalue weighted by Gasteiger charge is 2.28. The van der Waals surface area contributed by atoms with Crippen LogP contribution in [0, 0.1) is 11.1 Å². The molecule has 0 spiro atoms. The summed E-state index contributed by atoms with van der Waals surface area (Å²) in [5.74, 6) is 0.213. The molecular weight excluding hydrogens is 336 g/mol. The number of aromatic nitrogens is 3. The summed E-state index contributed by atoms with van der Waals surface area (Å²) >= 11 is 0. The lowest BCUT2D eigenvalue weighted by molar-refractivity contribution is -0.590. The molecule has 8 heteroatoms. The van der Waals surface area contributed by atoms with Gasteiger partial charge in [-0.3, -0.25) is 4.90 Å². The molecule has 2 heterocycles. The van der Waals surface area contributed by atoms with Crippen molar-refractivity contribution in [2.24, 2.45) is 5.92 Å². The maximum Gasteiger partial charge on any atom is 0.329 e. The van der Waals surface area contributed by atoms with Gasteiger partial charge in [0.15, 0.2) is 17.3 Å². The highest BCUT2D eigenvalue weighted by atomic mass is 16.5. The molecule has 1 aliphatic heterocycles. The highest BCUT2D eigenvalue weighted by Crippen LogP contribution is 2.30. The van der Waals surface area contributed by atoms with Crippen molar-refractivity contribution in [2.45, 2.75) is 32.0 Å². The van der Waals surface area contributed by atoms with Crippen molar-refractivity contribution in [1.29, 1.82) is 0 Å². The van der Waals surface area contributed by atoms with Crippen molar-refractivity contribution in [3.63, 3.8) is 0 Å². The predicted molar refractivity (Wildman–Crippen MR) is 93.2 cm³/mol. The van der Waals surface area contributed by atoms with Gasteiger partial charge in [0, 0.05) is 19.0 Å². The molecule has 2 aliphatic rings. The van der Waals surface area contributed by atoms with E-state index >= 15 is 0 Å². The van der Waals surface area contributed by atoms with Crippen LogP contribution in [0.15, 0.2) is 12.1 Å². The number of morpholine rings is 1. The maximum absolute atomic E-state index is 12.7. The smallest absolute Gasteiger partial charge is 0.329 e. The molecule has 2 N–H and O–H groups in total. The average Bonchev–Trinajstić information content (AvgIpc) is 3.07.